The molecule has 7 heteroatoms. The van der Waals surface area contributed by atoms with Gasteiger partial charge in [0.15, 0.2) is 10.3 Å². The molecule has 0 unspecified atom stereocenters. The van der Waals surface area contributed by atoms with Crippen LogP contribution in [0.25, 0.3) is 11.2 Å². The van der Waals surface area contributed by atoms with Crippen molar-refractivity contribution < 1.29 is 0 Å². The third-order valence-electron chi connectivity index (χ3n) is 4.12. The maximum atomic E-state index is 12.4. The molecule has 2 heterocycles. The first-order valence-corrected chi connectivity index (χ1v) is 8.28. The number of fused-ring (bicyclic) bond motifs is 1. The molecule has 0 fully saturated rings. The molecule has 0 aliphatic rings. The number of aromatic nitrogens is 4. The fraction of sp³-hybridized carbons (Fsp3) is 0.667. The summed E-state index contributed by atoms with van der Waals surface area (Å²) in [5.41, 5.74) is 0.351. The zero-order valence-corrected chi connectivity index (χ0v) is 14.3. The van der Waals surface area contributed by atoms with Crippen molar-refractivity contribution in [3.63, 3.8) is 0 Å². The lowest BCUT2D eigenvalue weighted by Gasteiger charge is -2.07. The number of aromatic amines is 1. The van der Waals surface area contributed by atoms with E-state index in [-0.39, 0.29) is 11.2 Å². The molecule has 22 heavy (non-hydrogen) atoms. The van der Waals surface area contributed by atoms with Crippen LogP contribution in [-0.4, -0.2) is 18.7 Å². The molecule has 0 radical (unpaired) electrons. The van der Waals surface area contributed by atoms with Gasteiger partial charge in [-0.2, -0.15) is 0 Å². The molecule has 2 aromatic heterocycles. The Morgan fingerprint density at radius 3 is 2.32 bits per heavy atom. The van der Waals surface area contributed by atoms with Crippen molar-refractivity contribution in [1.82, 2.24) is 18.7 Å². The largest absolute Gasteiger partial charge is 0.332 e. The number of aryl methyl sites for hydroxylation is 2. The van der Waals surface area contributed by atoms with Gasteiger partial charge in [0.1, 0.15) is 5.65 Å². The van der Waals surface area contributed by atoms with Crippen LogP contribution in [-0.2, 0) is 20.6 Å². The van der Waals surface area contributed by atoms with Gasteiger partial charge in [0, 0.05) is 20.6 Å². The lowest BCUT2D eigenvalue weighted by molar-refractivity contribution is 0.560. The smallest absolute Gasteiger partial charge is 0.316 e. The molecular weight excluding hydrogens is 300 g/mol. The average molecular weight is 324 g/mol. The minimum atomic E-state index is -0.347. The Kier molecular flexibility index (Phi) is 5.39. The fourth-order valence-electron chi connectivity index (χ4n) is 2.75. The van der Waals surface area contributed by atoms with Gasteiger partial charge < -0.3 is 9.55 Å². The summed E-state index contributed by atoms with van der Waals surface area (Å²) in [6, 6.07) is 0. The average Bonchev–Trinajstić information content (AvgIpc) is 2.83. The molecule has 0 aromatic carbocycles. The molecule has 2 aromatic rings. The van der Waals surface area contributed by atoms with E-state index in [9.17, 15) is 9.59 Å². The van der Waals surface area contributed by atoms with Gasteiger partial charge in [-0.15, -0.1) is 0 Å². The molecule has 0 aliphatic carbocycles. The highest BCUT2D eigenvalue weighted by atomic mass is 32.1. The molecule has 6 nitrogen and oxygen atoms in total. The second-order valence-corrected chi connectivity index (χ2v) is 6.14. The summed E-state index contributed by atoms with van der Waals surface area (Å²) < 4.78 is 4.89. The van der Waals surface area contributed by atoms with Gasteiger partial charge in [-0.25, -0.2) is 4.79 Å². The van der Waals surface area contributed by atoms with Crippen LogP contribution in [0.3, 0.4) is 0 Å². The van der Waals surface area contributed by atoms with Gasteiger partial charge in [0.05, 0.1) is 0 Å². The highest BCUT2D eigenvalue weighted by molar-refractivity contribution is 7.71. The number of nitrogens with one attached hydrogen (secondary N) is 1. The Morgan fingerprint density at radius 2 is 1.64 bits per heavy atom. The lowest BCUT2D eigenvalue weighted by atomic mass is 10.1. The molecule has 0 saturated heterocycles. The van der Waals surface area contributed by atoms with Crippen molar-refractivity contribution in [2.45, 2.75) is 52.0 Å². The summed E-state index contributed by atoms with van der Waals surface area (Å²) >= 11 is 5.32. The minimum Gasteiger partial charge on any atom is -0.316 e. The third-order valence-corrected chi connectivity index (χ3v) is 4.44. The first-order chi connectivity index (χ1) is 10.5. The summed E-state index contributed by atoms with van der Waals surface area (Å²) in [5.74, 6) is 0. The van der Waals surface area contributed by atoms with Crippen LogP contribution in [0.5, 0.6) is 0 Å². The van der Waals surface area contributed by atoms with Gasteiger partial charge >= 0.3 is 5.69 Å². The van der Waals surface area contributed by atoms with E-state index in [1.165, 1.54) is 37.3 Å². The number of H-pyrrole nitrogens is 1. The van der Waals surface area contributed by atoms with E-state index in [1.807, 2.05) is 4.57 Å². The molecule has 0 saturated carbocycles. The molecule has 122 valence electrons. The molecular formula is C15H24N4O2S. The number of hydrogen-bond donors (Lipinski definition) is 1. The first-order valence-electron chi connectivity index (χ1n) is 7.87. The number of imidazole rings is 1. The maximum Gasteiger partial charge on any atom is 0.332 e. The number of nitrogens with zero attached hydrogens (tertiary/aromatic N) is 3. The highest BCUT2D eigenvalue weighted by Gasteiger charge is 2.14. The van der Waals surface area contributed by atoms with Gasteiger partial charge in [0.2, 0.25) is 0 Å². The Morgan fingerprint density at radius 1 is 1.00 bits per heavy atom. The SMILES string of the molecule is CCCCCCCCn1c(=S)[nH]c2c1c(=O)n(C)c(=O)n2C. The maximum absolute atomic E-state index is 12.4. The van der Waals surface area contributed by atoms with E-state index in [1.54, 1.807) is 7.05 Å². The van der Waals surface area contributed by atoms with E-state index < -0.39 is 0 Å². The normalized spacial score (nSPS) is 11.4. The lowest BCUT2D eigenvalue weighted by Crippen LogP contribution is -2.37. The highest BCUT2D eigenvalue weighted by Crippen LogP contribution is 2.11. The van der Waals surface area contributed by atoms with Crippen molar-refractivity contribution in [3.8, 4) is 0 Å². The van der Waals surface area contributed by atoms with E-state index >= 15 is 0 Å². The second-order valence-electron chi connectivity index (χ2n) is 5.75. The topological polar surface area (TPSA) is 64.7 Å². The van der Waals surface area contributed by atoms with E-state index in [2.05, 4.69) is 11.9 Å². The van der Waals surface area contributed by atoms with Crippen LogP contribution < -0.4 is 11.2 Å². The Hall–Kier alpha value is -1.63. The zero-order valence-electron chi connectivity index (χ0n) is 13.5. The predicted octanol–water partition coefficient (Wildman–Crippen LogP) is 2.46. The van der Waals surface area contributed by atoms with Crippen molar-refractivity contribution in [2.75, 3.05) is 0 Å². The van der Waals surface area contributed by atoms with Gasteiger partial charge in [-0.1, -0.05) is 39.0 Å². The van der Waals surface area contributed by atoms with Crippen molar-refractivity contribution in [2.24, 2.45) is 14.1 Å². The van der Waals surface area contributed by atoms with Crippen LogP contribution in [0, 0.1) is 4.77 Å². The van der Waals surface area contributed by atoms with Crippen LogP contribution in [0.15, 0.2) is 9.59 Å². The molecule has 2 rings (SSSR count). The number of rotatable bonds is 7. The van der Waals surface area contributed by atoms with Gasteiger partial charge in [-0.3, -0.25) is 13.9 Å². The van der Waals surface area contributed by atoms with E-state index in [4.69, 9.17) is 12.2 Å². The van der Waals surface area contributed by atoms with Crippen molar-refractivity contribution >= 4 is 23.4 Å². The Balaban J connectivity index is 2.28. The summed E-state index contributed by atoms with van der Waals surface area (Å²) in [7, 11) is 3.14. The predicted molar refractivity (Wildman–Crippen MR) is 91.0 cm³/mol. The van der Waals surface area contributed by atoms with E-state index in [0.717, 1.165) is 17.4 Å². The monoisotopic (exact) mass is 324 g/mol. The second kappa shape index (κ2) is 7.09. The van der Waals surface area contributed by atoms with Crippen LogP contribution in [0.2, 0.25) is 0 Å². The summed E-state index contributed by atoms with van der Waals surface area (Å²) in [6.45, 7) is 2.91. The van der Waals surface area contributed by atoms with Gasteiger partial charge in [-0.05, 0) is 18.6 Å². The number of unbranched alkanes of at least 4 members (excludes halogenated alkanes) is 5. The third kappa shape index (κ3) is 3.09. The molecule has 0 bridgehead atoms. The van der Waals surface area contributed by atoms with E-state index in [0.29, 0.717) is 22.5 Å². The fourth-order valence-corrected chi connectivity index (χ4v) is 3.03. The molecule has 0 amide bonds. The summed E-state index contributed by atoms with van der Waals surface area (Å²) in [6.07, 6.45) is 7.08. The van der Waals surface area contributed by atoms with Crippen LogP contribution >= 0.6 is 12.2 Å². The standard InChI is InChI=1S/C15H24N4O2S/c1-4-5-6-7-8-9-10-19-11-12(16-14(19)22)17(2)15(21)18(3)13(11)20/h4-10H2,1-3H3,(H,16,22). The molecule has 1 N–H and O–H groups in total. The summed E-state index contributed by atoms with van der Waals surface area (Å²) in [5, 5.41) is 0. The zero-order chi connectivity index (χ0) is 16.3. The van der Waals surface area contributed by atoms with Crippen molar-refractivity contribution in [3.05, 3.63) is 25.6 Å². The molecule has 0 atom stereocenters. The molecule has 0 spiro atoms. The molecule has 0 aliphatic heterocycles. The number of hydrogen-bond acceptors (Lipinski definition) is 3. The summed E-state index contributed by atoms with van der Waals surface area (Å²) in [4.78, 5) is 27.3. The van der Waals surface area contributed by atoms with Crippen molar-refractivity contribution in [1.29, 1.82) is 0 Å². The Bertz CT molecular complexity index is 825. The first kappa shape index (κ1) is 16.7. The van der Waals surface area contributed by atoms with Crippen LogP contribution in [0.1, 0.15) is 45.4 Å². The van der Waals surface area contributed by atoms with Crippen LogP contribution in [0.4, 0.5) is 0 Å². The Labute approximate surface area is 134 Å². The quantitative estimate of drug-likeness (QED) is 0.628. The van der Waals surface area contributed by atoms with Gasteiger partial charge in [0.25, 0.3) is 5.56 Å². The minimum absolute atomic E-state index is 0.295.